The van der Waals surface area contributed by atoms with E-state index in [-0.39, 0.29) is 12.0 Å². The van der Waals surface area contributed by atoms with Crippen LogP contribution in [0.4, 0.5) is 13.2 Å². The molecule has 0 aromatic heterocycles. The predicted molar refractivity (Wildman–Crippen MR) is 61.4 cm³/mol. The minimum absolute atomic E-state index is 0.101. The topological polar surface area (TPSA) is 29.1 Å². The summed E-state index contributed by atoms with van der Waals surface area (Å²) in [5.41, 5.74) is -1.08. The molecule has 1 aromatic rings. The zero-order chi connectivity index (χ0) is 13.2. The Morgan fingerprint density at radius 3 is 2.56 bits per heavy atom. The Morgan fingerprint density at radius 2 is 1.94 bits per heavy atom. The minimum atomic E-state index is -4.48. The van der Waals surface area contributed by atoms with Gasteiger partial charge in [0.2, 0.25) is 0 Å². The van der Waals surface area contributed by atoms with Gasteiger partial charge in [0, 0.05) is 24.6 Å². The van der Waals surface area contributed by atoms with Gasteiger partial charge in [-0.2, -0.15) is 13.2 Å². The van der Waals surface area contributed by atoms with Crippen molar-refractivity contribution in [2.75, 3.05) is 6.54 Å². The molecule has 0 radical (unpaired) electrons. The van der Waals surface area contributed by atoms with Gasteiger partial charge in [0.25, 0.3) is 0 Å². The molecule has 18 heavy (non-hydrogen) atoms. The van der Waals surface area contributed by atoms with Crippen molar-refractivity contribution in [1.29, 1.82) is 0 Å². The maximum Gasteiger partial charge on any atom is 0.417 e. The Kier molecular flexibility index (Phi) is 3.71. The summed E-state index contributed by atoms with van der Waals surface area (Å²) in [6, 6.07) is 5.39. The summed E-state index contributed by atoms with van der Waals surface area (Å²) in [5.74, 6) is -0.462. The first-order valence-corrected chi connectivity index (χ1v) is 5.91. The molecule has 0 amide bonds. The first-order valence-electron chi connectivity index (χ1n) is 5.91. The molecule has 0 aliphatic heterocycles. The number of alkyl halides is 3. The van der Waals surface area contributed by atoms with Crippen LogP contribution < -0.4 is 5.32 Å². The normalized spacial score (nSPS) is 15.7. The van der Waals surface area contributed by atoms with E-state index in [0.29, 0.717) is 12.6 Å². The summed E-state index contributed by atoms with van der Waals surface area (Å²) in [6.07, 6.45) is -2.19. The van der Waals surface area contributed by atoms with E-state index in [4.69, 9.17) is 0 Å². The lowest BCUT2D eigenvalue weighted by atomic mass is 10.0. The molecule has 2 nitrogen and oxygen atoms in total. The molecule has 0 spiro atoms. The van der Waals surface area contributed by atoms with Crippen molar-refractivity contribution >= 4 is 5.78 Å². The summed E-state index contributed by atoms with van der Waals surface area (Å²) in [5, 5.41) is 3.11. The quantitative estimate of drug-likeness (QED) is 0.821. The molecule has 0 bridgehead atoms. The molecule has 0 atom stereocenters. The van der Waals surface area contributed by atoms with Gasteiger partial charge in [-0.25, -0.2) is 0 Å². The van der Waals surface area contributed by atoms with Crippen molar-refractivity contribution < 1.29 is 18.0 Å². The highest BCUT2D eigenvalue weighted by Gasteiger charge is 2.34. The first-order chi connectivity index (χ1) is 8.48. The highest BCUT2D eigenvalue weighted by Crippen LogP contribution is 2.32. The zero-order valence-electron chi connectivity index (χ0n) is 9.76. The summed E-state index contributed by atoms with van der Waals surface area (Å²) < 4.78 is 38.1. The van der Waals surface area contributed by atoms with Gasteiger partial charge >= 0.3 is 6.18 Å². The Bertz CT molecular complexity index is 438. The van der Waals surface area contributed by atoms with Crippen molar-refractivity contribution in [3.8, 4) is 0 Å². The van der Waals surface area contributed by atoms with Crippen LogP contribution in [0.15, 0.2) is 24.3 Å². The van der Waals surface area contributed by atoms with Crippen LogP contribution in [0.1, 0.15) is 35.2 Å². The molecule has 1 aliphatic carbocycles. The zero-order valence-corrected chi connectivity index (χ0v) is 9.76. The SMILES string of the molecule is O=C(CCNC1CC1)c1ccccc1C(F)(F)F. The standard InChI is InChI=1S/C13H14F3NO/c14-13(15,16)11-4-2-1-3-10(11)12(18)7-8-17-9-5-6-9/h1-4,9,17H,5-8H2. The van der Waals surface area contributed by atoms with Crippen LogP contribution in [0.2, 0.25) is 0 Å². The van der Waals surface area contributed by atoms with Gasteiger partial charge in [-0.05, 0) is 18.9 Å². The Hall–Kier alpha value is -1.36. The number of benzene rings is 1. The maximum atomic E-state index is 12.7. The highest BCUT2D eigenvalue weighted by molar-refractivity contribution is 5.97. The van der Waals surface area contributed by atoms with E-state index in [2.05, 4.69) is 5.32 Å². The number of nitrogens with one attached hydrogen (secondary N) is 1. The molecule has 0 heterocycles. The third-order valence-electron chi connectivity index (χ3n) is 2.90. The minimum Gasteiger partial charge on any atom is -0.314 e. The van der Waals surface area contributed by atoms with E-state index in [9.17, 15) is 18.0 Å². The molecule has 1 aromatic carbocycles. The third kappa shape index (κ3) is 3.32. The number of hydrogen-bond acceptors (Lipinski definition) is 2. The summed E-state index contributed by atoms with van der Waals surface area (Å²) in [4.78, 5) is 11.8. The van der Waals surface area contributed by atoms with Gasteiger partial charge < -0.3 is 5.32 Å². The highest BCUT2D eigenvalue weighted by atomic mass is 19.4. The predicted octanol–water partition coefficient (Wildman–Crippen LogP) is 3.03. The molecule has 1 aliphatic rings. The van der Waals surface area contributed by atoms with Crippen LogP contribution in [0.25, 0.3) is 0 Å². The second-order valence-electron chi connectivity index (χ2n) is 4.44. The smallest absolute Gasteiger partial charge is 0.314 e. The van der Waals surface area contributed by atoms with Crippen molar-refractivity contribution in [2.45, 2.75) is 31.5 Å². The summed E-state index contributed by atoms with van der Waals surface area (Å²) >= 11 is 0. The number of Topliss-reactive ketones (excluding diaryl/α,β-unsaturated/α-hetero) is 1. The lowest BCUT2D eigenvalue weighted by molar-refractivity contribution is -0.137. The van der Waals surface area contributed by atoms with Crippen LogP contribution in [-0.4, -0.2) is 18.4 Å². The van der Waals surface area contributed by atoms with Crippen LogP contribution in [0, 0.1) is 0 Å². The summed E-state index contributed by atoms with van der Waals surface area (Å²) in [6.45, 7) is 0.440. The average molecular weight is 257 g/mol. The third-order valence-corrected chi connectivity index (χ3v) is 2.90. The van der Waals surface area contributed by atoms with Gasteiger partial charge in [-0.1, -0.05) is 18.2 Å². The molecule has 2 rings (SSSR count). The molecule has 5 heteroatoms. The molecule has 98 valence electrons. The van der Waals surface area contributed by atoms with E-state index in [0.717, 1.165) is 18.9 Å². The molecule has 0 unspecified atom stereocenters. The Morgan fingerprint density at radius 1 is 1.28 bits per heavy atom. The Labute approximate surface area is 103 Å². The number of ketones is 1. The molecular weight excluding hydrogens is 243 g/mol. The van der Waals surface area contributed by atoms with Crippen molar-refractivity contribution in [3.63, 3.8) is 0 Å². The van der Waals surface area contributed by atoms with Crippen molar-refractivity contribution in [1.82, 2.24) is 5.32 Å². The fraction of sp³-hybridized carbons (Fsp3) is 0.462. The van der Waals surface area contributed by atoms with Gasteiger partial charge in [-0.3, -0.25) is 4.79 Å². The van der Waals surface area contributed by atoms with Crippen LogP contribution in [-0.2, 0) is 6.18 Å². The van der Waals surface area contributed by atoms with Gasteiger partial charge in [0.15, 0.2) is 5.78 Å². The number of halogens is 3. The molecule has 1 saturated carbocycles. The van der Waals surface area contributed by atoms with Crippen LogP contribution in [0.5, 0.6) is 0 Å². The maximum absolute atomic E-state index is 12.7. The fourth-order valence-electron chi connectivity index (χ4n) is 1.79. The Balaban J connectivity index is 2.04. The van der Waals surface area contributed by atoms with Gasteiger partial charge in [0.1, 0.15) is 0 Å². The van der Waals surface area contributed by atoms with Crippen LogP contribution >= 0.6 is 0 Å². The lowest BCUT2D eigenvalue weighted by Gasteiger charge is -2.11. The molecular formula is C13H14F3NO. The first kappa shape index (κ1) is 13.1. The van der Waals surface area contributed by atoms with Gasteiger partial charge in [0.05, 0.1) is 5.56 Å². The van der Waals surface area contributed by atoms with Crippen molar-refractivity contribution in [3.05, 3.63) is 35.4 Å². The molecule has 0 saturated heterocycles. The summed E-state index contributed by atoms with van der Waals surface area (Å²) in [7, 11) is 0. The molecule has 1 N–H and O–H groups in total. The number of hydrogen-bond donors (Lipinski definition) is 1. The van der Waals surface area contributed by atoms with Gasteiger partial charge in [-0.15, -0.1) is 0 Å². The van der Waals surface area contributed by atoms with Crippen LogP contribution in [0.3, 0.4) is 0 Å². The number of carbonyl (C=O) groups is 1. The molecule has 1 fully saturated rings. The lowest BCUT2D eigenvalue weighted by Crippen LogP contribution is -2.21. The second-order valence-corrected chi connectivity index (χ2v) is 4.44. The number of carbonyl (C=O) groups excluding carboxylic acids is 1. The van der Waals surface area contributed by atoms with E-state index >= 15 is 0 Å². The largest absolute Gasteiger partial charge is 0.417 e. The van der Waals surface area contributed by atoms with E-state index < -0.39 is 17.5 Å². The second kappa shape index (κ2) is 5.10. The average Bonchev–Trinajstić information content (AvgIpc) is 3.12. The monoisotopic (exact) mass is 257 g/mol. The van der Waals surface area contributed by atoms with E-state index in [1.165, 1.54) is 18.2 Å². The van der Waals surface area contributed by atoms with E-state index in [1.807, 2.05) is 0 Å². The number of rotatable bonds is 5. The van der Waals surface area contributed by atoms with E-state index in [1.54, 1.807) is 0 Å². The van der Waals surface area contributed by atoms with Crippen molar-refractivity contribution in [2.24, 2.45) is 0 Å². The fourth-order valence-corrected chi connectivity index (χ4v) is 1.79.